The highest BCUT2D eigenvalue weighted by Crippen LogP contribution is 2.27. The minimum Gasteiger partial charge on any atom is -0.497 e. The van der Waals surface area contributed by atoms with Gasteiger partial charge in [0, 0.05) is 11.0 Å². The van der Waals surface area contributed by atoms with Crippen LogP contribution in [-0.2, 0) is 6.54 Å². The Morgan fingerprint density at radius 3 is 2.17 bits per heavy atom. The molecule has 0 amide bonds. The molecule has 0 unspecified atom stereocenters. The molecule has 0 saturated heterocycles. The maximum absolute atomic E-state index is 5.73. The second-order valence-electron chi connectivity index (χ2n) is 3.73. The molecule has 0 aliphatic carbocycles. The molecule has 2 aromatic carbocycles. The summed E-state index contributed by atoms with van der Waals surface area (Å²) in [6.07, 6.45) is 0. The third kappa shape index (κ3) is 3.03. The largest absolute Gasteiger partial charge is 0.497 e. The van der Waals surface area contributed by atoms with E-state index >= 15 is 0 Å². The van der Waals surface area contributed by atoms with Crippen molar-refractivity contribution in [3.63, 3.8) is 0 Å². The van der Waals surface area contributed by atoms with Crippen molar-refractivity contribution in [1.29, 1.82) is 0 Å². The van der Waals surface area contributed by atoms with Crippen LogP contribution in [0.4, 0.5) is 0 Å². The van der Waals surface area contributed by atoms with Crippen molar-refractivity contribution < 1.29 is 9.47 Å². The van der Waals surface area contributed by atoms with E-state index in [0.717, 1.165) is 27.3 Å². The summed E-state index contributed by atoms with van der Waals surface area (Å²) in [6.45, 7) is 0.503. The summed E-state index contributed by atoms with van der Waals surface area (Å²) in [6, 6.07) is 13.2. The second kappa shape index (κ2) is 5.89. The summed E-state index contributed by atoms with van der Waals surface area (Å²) in [5, 5.41) is 0. The highest BCUT2D eigenvalue weighted by molar-refractivity contribution is 9.10. The lowest BCUT2D eigenvalue weighted by atomic mass is 10.2. The number of benzene rings is 2. The molecule has 0 fully saturated rings. The van der Waals surface area contributed by atoms with Crippen molar-refractivity contribution in [2.24, 2.45) is 5.73 Å². The predicted octanol–water partition coefficient (Wildman–Crippen LogP) is 3.71. The van der Waals surface area contributed by atoms with Gasteiger partial charge in [-0.25, -0.2) is 0 Å². The van der Waals surface area contributed by atoms with Crippen LogP contribution in [-0.4, -0.2) is 7.11 Å². The van der Waals surface area contributed by atoms with Gasteiger partial charge in [0.15, 0.2) is 0 Å². The van der Waals surface area contributed by atoms with E-state index in [-0.39, 0.29) is 0 Å². The highest BCUT2D eigenvalue weighted by atomic mass is 79.9. The second-order valence-corrected chi connectivity index (χ2v) is 4.59. The van der Waals surface area contributed by atoms with Crippen LogP contribution in [0.2, 0.25) is 0 Å². The summed E-state index contributed by atoms with van der Waals surface area (Å²) in [4.78, 5) is 0. The topological polar surface area (TPSA) is 44.5 Å². The Hall–Kier alpha value is -1.52. The quantitative estimate of drug-likeness (QED) is 0.936. The molecular formula is C14H14BrNO2. The van der Waals surface area contributed by atoms with Gasteiger partial charge in [0.05, 0.1) is 7.11 Å². The molecule has 0 aliphatic rings. The number of hydrogen-bond donors (Lipinski definition) is 1. The van der Waals surface area contributed by atoms with Crippen molar-refractivity contribution in [3.05, 3.63) is 52.5 Å². The lowest BCUT2D eigenvalue weighted by Crippen LogP contribution is -1.97. The number of nitrogens with two attached hydrogens (primary N) is 1. The van der Waals surface area contributed by atoms with E-state index < -0.39 is 0 Å². The van der Waals surface area contributed by atoms with Crippen LogP contribution in [0.3, 0.4) is 0 Å². The lowest BCUT2D eigenvalue weighted by molar-refractivity contribution is 0.413. The Balaban J connectivity index is 2.15. The SMILES string of the molecule is COc1ccc(Oc2ccc(CN)c(Br)c2)cc1. The third-order valence-corrected chi connectivity index (χ3v) is 3.28. The maximum Gasteiger partial charge on any atom is 0.128 e. The molecule has 94 valence electrons. The fraction of sp³-hybridized carbons (Fsp3) is 0.143. The molecular weight excluding hydrogens is 294 g/mol. The normalized spacial score (nSPS) is 10.2. The van der Waals surface area contributed by atoms with Gasteiger partial charge in [-0.3, -0.25) is 0 Å². The number of halogens is 1. The van der Waals surface area contributed by atoms with Crippen molar-refractivity contribution in [2.75, 3.05) is 7.11 Å². The predicted molar refractivity (Wildman–Crippen MR) is 75.1 cm³/mol. The first-order chi connectivity index (χ1) is 8.72. The molecule has 18 heavy (non-hydrogen) atoms. The summed E-state index contributed by atoms with van der Waals surface area (Å²) in [7, 11) is 1.64. The third-order valence-electron chi connectivity index (χ3n) is 2.54. The molecule has 0 saturated carbocycles. The van der Waals surface area contributed by atoms with E-state index in [9.17, 15) is 0 Å². The van der Waals surface area contributed by atoms with Crippen LogP contribution < -0.4 is 15.2 Å². The monoisotopic (exact) mass is 307 g/mol. The zero-order chi connectivity index (χ0) is 13.0. The van der Waals surface area contributed by atoms with E-state index in [2.05, 4.69) is 15.9 Å². The molecule has 0 aromatic heterocycles. The van der Waals surface area contributed by atoms with Crippen LogP contribution in [0, 0.1) is 0 Å². The van der Waals surface area contributed by atoms with Gasteiger partial charge in [-0.1, -0.05) is 22.0 Å². The van der Waals surface area contributed by atoms with E-state index in [1.54, 1.807) is 7.11 Å². The Morgan fingerprint density at radius 1 is 1.00 bits per heavy atom. The molecule has 0 atom stereocenters. The van der Waals surface area contributed by atoms with Crippen molar-refractivity contribution in [1.82, 2.24) is 0 Å². The minimum absolute atomic E-state index is 0.503. The Labute approximate surface area is 115 Å². The zero-order valence-corrected chi connectivity index (χ0v) is 11.6. The summed E-state index contributed by atoms with van der Waals surface area (Å²) in [5.74, 6) is 2.34. The van der Waals surface area contributed by atoms with Gasteiger partial charge in [0.25, 0.3) is 0 Å². The zero-order valence-electron chi connectivity index (χ0n) is 10.0. The Bertz CT molecular complexity index is 526. The standard InChI is InChI=1S/C14H14BrNO2/c1-17-11-4-6-12(7-5-11)18-13-3-2-10(9-16)14(15)8-13/h2-8H,9,16H2,1H3. The van der Waals surface area contributed by atoms with E-state index in [1.807, 2.05) is 42.5 Å². The number of hydrogen-bond acceptors (Lipinski definition) is 3. The summed E-state index contributed by atoms with van der Waals surface area (Å²) < 4.78 is 11.8. The van der Waals surface area contributed by atoms with Gasteiger partial charge in [-0.15, -0.1) is 0 Å². The van der Waals surface area contributed by atoms with Gasteiger partial charge in [-0.2, -0.15) is 0 Å². The fourth-order valence-corrected chi connectivity index (χ4v) is 2.06. The smallest absolute Gasteiger partial charge is 0.128 e. The van der Waals surface area contributed by atoms with Crippen LogP contribution in [0.1, 0.15) is 5.56 Å². The average Bonchev–Trinajstić information content (AvgIpc) is 2.40. The van der Waals surface area contributed by atoms with Crippen LogP contribution in [0.15, 0.2) is 46.9 Å². The highest BCUT2D eigenvalue weighted by Gasteiger charge is 2.02. The molecule has 0 heterocycles. The molecule has 2 N–H and O–H groups in total. The van der Waals surface area contributed by atoms with Crippen molar-refractivity contribution in [3.8, 4) is 17.2 Å². The molecule has 2 aromatic rings. The van der Waals surface area contributed by atoms with Crippen molar-refractivity contribution >= 4 is 15.9 Å². The Kier molecular flexibility index (Phi) is 4.23. The summed E-state index contributed by atoms with van der Waals surface area (Å²) in [5.41, 5.74) is 6.65. The van der Waals surface area contributed by atoms with Gasteiger partial charge in [0.2, 0.25) is 0 Å². The van der Waals surface area contributed by atoms with Gasteiger partial charge in [-0.05, 0) is 42.0 Å². The lowest BCUT2D eigenvalue weighted by Gasteiger charge is -2.08. The number of methoxy groups -OCH3 is 1. The van der Waals surface area contributed by atoms with Crippen molar-refractivity contribution in [2.45, 2.75) is 6.54 Å². The van der Waals surface area contributed by atoms with E-state index in [0.29, 0.717) is 6.54 Å². The first kappa shape index (κ1) is 12.9. The van der Waals surface area contributed by atoms with Gasteiger partial charge < -0.3 is 15.2 Å². The summed E-state index contributed by atoms with van der Waals surface area (Å²) >= 11 is 3.46. The Morgan fingerprint density at radius 2 is 1.61 bits per heavy atom. The molecule has 4 heteroatoms. The van der Waals surface area contributed by atoms with Crippen LogP contribution in [0.5, 0.6) is 17.2 Å². The molecule has 0 bridgehead atoms. The molecule has 3 nitrogen and oxygen atoms in total. The average molecular weight is 308 g/mol. The maximum atomic E-state index is 5.73. The molecule has 0 aliphatic heterocycles. The van der Waals surface area contributed by atoms with Crippen LogP contribution >= 0.6 is 15.9 Å². The number of ether oxygens (including phenoxy) is 2. The van der Waals surface area contributed by atoms with E-state index in [1.165, 1.54) is 0 Å². The van der Waals surface area contributed by atoms with E-state index in [4.69, 9.17) is 15.2 Å². The fourth-order valence-electron chi connectivity index (χ4n) is 1.54. The first-order valence-corrected chi connectivity index (χ1v) is 6.32. The van der Waals surface area contributed by atoms with Gasteiger partial charge >= 0.3 is 0 Å². The molecule has 2 rings (SSSR count). The first-order valence-electron chi connectivity index (χ1n) is 5.53. The number of rotatable bonds is 4. The molecule has 0 spiro atoms. The van der Waals surface area contributed by atoms with Crippen LogP contribution in [0.25, 0.3) is 0 Å². The minimum atomic E-state index is 0.503. The van der Waals surface area contributed by atoms with Gasteiger partial charge in [0.1, 0.15) is 17.2 Å². The molecule has 0 radical (unpaired) electrons.